The number of nitrogens with one attached hydrogen (secondary N) is 1. The van der Waals surface area contributed by atoms with Gasteiger partial charge in [-0.05, 0) is 42.7 Å². The Balaban J connectivity index is 1.41. The number of amides is 1. The van der Waals surface area contributed by atoms with Crippen molar-refractivity contribution in [1.82, 2.24) is 9.62 Å². The summed E-state index contributed by atoms with van der Waals surface area (Å²) in [5.74, 6) is -0.205. The lowest BCUT2D eigenvalue weighted by Gasteiger charge is -2.26. The van der Waals surface area contributed by atoms with E-state index in [2.05, 4.69) is 5.32 Å². The zero-order valence-corrected chi connectivity index (χ0v) is 19.4. The first-order chi connectivity index (χ1) is 15.3. The summed E-state index contributed by atoms with van der Waals surface area (Å²) in [5.41, 5.74) is 0.854. The third-order valence-electron chi connectivity index (χ3n) is 5.19. The highest BCUT2D eigenvalue weighted by Crippen LogP contribution is 2.18. The molecule has 32 heavy (non-hydrogen) atoms. The Morgan fingerprint density at radius 2 is 1.56 bits per heavy atom. The van der Waals surface area contributed by atoms with E-state index < -0.39 is 19.9 Å². The highest BCUT2D eigenvalue weighted by atomic mass is 32.2. The first-order valence-electron chi connectivity index (χ1n) is 10.5. The van der Waals surface area contributed by atoms with Crippen molar-refractivity contribution in [2.24, 2.45) is 0 Å². The Labute approximate surface area is 189 Å². The maximum absolute atomic E-state index is 12.6. The highest BCUT2D eigenvalue weighted by Gasteiger charge is 2.26. The molecule has 0 radical (unpaired) electrons. The SMILES string of the molecule is O=C(CCc1ccc(S(=O)(=O)N2CCOCC2)cc1)NCCCS(=O)(=O)c1ccccc1. The van der Waals surface area contributed by atoms with Crippen molar-refractivity contribution >= 4 is 25.8 Å². The maximum atomic E-state index is 12.6. The molecule has 1 fully saturated rings. The third kappa shape index (κ3) is 6.61. The van der Waals surface area contributed by atoms with Gasteiger partial charge in [-0.3, -0.25) is 4.79 Å². The summed E-state index contributed by atoms with van der Waals surface area (Å²) in [5, 5.41) is 2.74. The largest absolute Gasteiger partial charge is 0.379 e. The molecule has 0 saturated carbocycles. The Hall–Kier alpha value is -2.27. The average molecular weight is 481 g/mol. The number of aryl methyl sites for hydroxylation is 1. The lowest BCUT2D eigenvalue weighted by molar-refractivity contribution is -0.121. The van der Waals surface area contributed by atoms with E-state index in [4.69, 9.17) is 4.74 Å². The second kappa shape index (κ2) is 11.0. The van der Waals surface area contributed by atoms with Crippen molar-refractivity contribution in [2.45, 2.75) is 29.1 Å². The summed E-state index contributed by atoms with van der Waals surface area (Å²) >= 11 is 0. The van der Waals surface area contributed by atoms with Crippen molar-refractivity contribution in [3.8, 4) is 0 Å². The minimum Gasteiger partial charge on any atom is -0.379 e. The molecule has 1 heterocycles. The molecule has 1 saturated heterocycles. The third-order valence-corrected chi connectivity index (χ3v) is 8.92. The molecular formula is C22H28N2O6S2. The minimum absolute atomic E-state index is 0.0314. The summed E-state index contributed by atoms with van der Waals surface area (Å²) in [6.45, 7) is 1.75. The molecule has 0 atom stereocenters. The standard InChI is InChI=1S/C22H28N2O6S2/c25-22(23-13-4-18-31(26,27)20-5-2-1-3-6-20)12-9-19-7-10-21(11-8-19)32(28,29)24-14-16-30-17-15-24/h1-3,5-8,10-11H,4,9,12-18H2,(H,23,25). The predicted octanol–water partition coefficient (Wildman–Crippen LogP) is 1.62. The van der Waals surface area contributed by atoms with Crippen LogP contribution in [-0.2, 0) is 35.8 Å². The molecule has 0 bridgehead atoms. The Morgan fingerprint density at radius 1 is 0.906 bits per heavy atom. The molecule has 2 aromatic carbocycles. The number of benzene rings is 2. The van der Waals surface area contributed by atoms with Crippen LogP contribution >= 0.6 is 0 Å². The van der Waals surface area contributed by atoms with Crippen molar-refractivity contribution in [3.05, 3.63) is 60.2 Å². The van der Waals surface area contributed by atoms with Crippen LogP contribution in [0.5, 0.6) is 0 Å². The molecule has 0 spiro atoms. The monoisotopic (exact) mass is 480 g/mol. The molecular weight excluding hydrogens is 452 g/mol. The van der Waals surface area contributed by atoms with E-state index >= 15 is 0 Å². The summed E-state index contributed by atoms with van der Waals surface area (Å²) in [6.07, 6.45) is 1.03. The zero-order valence-electron chi connectivity index (χ0n) is 17.8. The molecule has 1 amide bonds. The summed E-state index contributed by atoms with van der Waals surface area (Å²) in [7, 11) is -6.88. The van der Waals surface area contributed by atoms with E-state index in [1.165, 1.54) is 4.31 Å². The second-order valence-corrected chi connectivity index (χ2v) is 11.5. The van der Waals surface area contributed by atoms with Crippen LogP contribution in [0.25, 0.3) is 0 Å². The number of hydrogen-bond donors (Lipinski definition) is 1. The molecule has 3 rings (SSSR count). The number of rotatable bonds is 10. The lowest BCUT2D eigenvalue weighted by Crippen LogP contribution is -2.40. The summed E-state index contributed by atoms with van der Waals surface area (Å²) in [6, 6.07) is 14.8. The average Bonchev–Trinajstić information content (AvgIpc) is 2.82. The molecule has 0 aromatic heterocycles. The van der Waals surface area contributed by atoms with Gasteiger partial charge in [-0.25, -0.2) is 16.8 Å². The number of sulfone groups is 1. The summed E-state index contributed by atoms with van der Waals surface area (Å²) in [4.78, 5) is 12.6. The number of sulfonamides is 1. The van der Waals surface area contributed by atoms with Gasteiger partial charge in [0.05, 0.1) is 28.8 Å². The van der Waals surface area contributed by atoms with Gasteiger partial charge in [-0.2, -0.15) is 4.31 Å². The van der Waals surface area contributed by atoms with E-state index in [0.717, 1.165) is 5.56 Å². The first-order valence-corrected chi connectivity index (χ1v) is 13.6. The zero-order chi connectivity index (χ0) is 23.0. The number of hydrogen-bond acceptors (Lipinski definition) is 6. The van der Waals surface area contributed by atoms with Crippen LogP contribution in [0.3, 0.4) is 0 Å². The van der Waals surface area contributed by atoms with E-state index in [0.29, 0.717) is 39.1 Å². The number of ether oxygens (including phenoxy) is 1. The molecule has 8 nitrogen and oxygen atoms in total. The van der Waals surface area contributed by atoms with Gasteiger partial charge < -0.3 is 10.1 Å². The van der Waals surface area contributed by atoms with Gasteiger partial charge in [0.25, 0.3) is 0 Å². The van der Waals surface area contributed by atoms with Crippen LogP contribution in [0.4, 0.5) is 0 Å². The van der Waals surface area contributed by atoms with Gasteiger partial charge in [-0.15, -0.1) is 0 Å². The predicted molar refractivity (Wildman–Crippen MR) is 120 cm³/mol. The molecule has 1 N–H and O–H groups in total. The van der Waals surface area contributed by atoms with Crippen LogP contribution in [0.2, 0.25) is 0 Å². The molecule has 10 heteroatoms. The first kappa shape index (κ1) is 24.4. The Kier molecular flexibility index (Phi) is 8.41. The van der Waals surface area contributed by atoms with Crippen molar-refractivity contribution < 1.29 is 26.4 Å². The molecule has 1 aliphatic heterocycles. The van der Waals surface area contributed by atoms with E-state index in [1.54, 1.807) is 54.6 Å². The number of nitrogens with zero attached hydrogens (tertiary/aromatic N) is 1. The fourth-order valence-electron chi connectivity index (χ4n) is 3.35. The normalized spacial score (nSPS) is 15.4. The van der Waals surface area contributed by atoms with Crippen molar-refractivity contribution in [1.29, 1.82) is 0 Å². The Bertz CT molecular complexity index is 1090. The van der Waals surface area contributed by atoms with Crippen molar-refractivity contribution in [2.75, 3.05) is 38.6 Å². The molecule has 1 aliphatic rings. The minimum atomic E-state index is -3.53. The van der Waals surface area contributed by atoms with Crippen LogP contribution in [0, 0.1) is 0 Å². The Morgan fingerprint density at radius 3 is 2.22 bits per heavy atom. The van der Waals surface area contributed by atoms with Gasteiger partial charge in [0.1, 0.15) is 0 Å². The quantitative estimate of drug-likeness (QED) is 0.518. The lowest BCUT2D eigenvalue weighted by atomic mass is 10.1. The van der Waals surface area contributed by atoms with Crippen LogP contribution < -0.4 is 5.32 Å². The number of morpholine rings is 1. The van der Waals surface area contributed by atoms with Gasteiger partial charge in [0.15, 0.2) is 9.84 Å². The fraction of sp³-hybridized carbons (Fsp3) is 0.409. The van der Waals surface area contributed by atoms with Crippen LogP contribution in [0.15, 0.2) is 64.4 Å². The van der Waals surface area contributed by atoms with E-state index in [1.807, 2.05) is 0 Å². The molecule has 0 aliphatic carbocycles. The topological polar surface area (TPSA) is 110 Å². The maximum Gasteiger partial charge on any atom is 0.243 e. The summed E-state index contributed by atoms with van der Waals surface area (Å²) < 4.78 is 56.3. The second-order valence-electron chi connectivity index (χ2n) is 7.50. The van der Waals surface area contributed by atoms with Gasteiger partial charge in [-0.1, -0.05) is 30.3 Å². The van der Waals surface area contributed by atoms with E-state index in [9.17, 15) is 21.6 Å². The smallest absolute Gasteiger partial charge is 0.243 e. The molecule has 174 valence electrons. The number of carbonyl (C=O) groups excluding carboxylic acids is 1. The van der Waals surface area contributed by atoms with Gasteiger partial charge in [0.2, 0.25) is 15.9 Å². The number of carbonyl (C=O) groups is 1. The molecule has 2 aromatic rings. The highest BCUT2D eigenvalue weighted by molar-refractivity contribution is 7.91. The van der Waals surface area contributed by atoms with E-state index in [-0.39, 0.29) is 34.4 Å². The van der Waals surface area contributed by atoms with Gasteiger partial charge in [0, 0.05) is 26.1 Å². The van der Waals surface area contributed by atoms with Crippen molar-refractivity contribution in [3.63, 3.8) is 0 Å². The van der Waals surface area contributed by atoms with Crippen LogP contribution in [-0.4, -0.2) is 65.6 Å². The molecule has 0 unspecified atom stereocenters. The van der Waals surface area contributed by atoms with Gasteiger partial charge >= 0.3 is 0 Å². The van der Waals surface area contributed by atoms with Crippen LogP contribution in [0.1, 0.15) is 18.4 Å². The fourth-order valence-corrected chi connectivity index (χ4v) is 6.09.